The first kappa shape index (κ1) is 20.7. The van der Waals surface area contributed by atoms with Crippen LogP contribution in [0.4, 0.5) is 0 Å². The van der Waals surface area contributed by atoms with Crippen molar-refractivity contribution in [3.05, 3.63) is 35.4 Å². The van der Waals surface area contributed by atoms with Gasteiger partial charge in [-0.3, -0.25) is 4.79 Å². The number of guanidine groups is 1. The summed E-state index contributed by atoms with van der Waals surface area (Å²) >= 11 is 0. The van der Waals surface area contributed by atoms with Gasteiger partial charge in [0.2, 0.25) is 0 Å². The monoisotopic (exact) mass is 444 g/mol. The second-order valence-corrected chi connectivity index (χ2v) is 5.88. The summed E-state index contributed by atoms with van der Waals surface area (Å²) in [7, 11) is 0. The fraction of sp³-hybridized carbons (Fsp3) is 0.556. The molecule has 134 valence electrons. The highest BCUT2D eigenvalue weighted by Crippen LogP contribution is 2.17. The topological polar surface area (TPSA) is 65.5 Å². The van der Waals surface area contributed by atoms with Gasteiger partial charge in [0.05, 0.1) is 6.54 Å². The molecule has 0 radical (unpaired) electrons. The van der Waals surface area contributed by atoms with Gasteiger partial charge in [-0.25, -0.2) is 4.99 Å². The molecule has 0 aliphatic heterocycles. The lowest BCUT2D eigenvalue weighted by Crippen LogP contribution is -2.42. The van der Waals surface area contributed by atoms with Crippen molar-refractivity contribution in [1.82, 2.24) is 16.0 Å². The van der Waals surface area contributed by atoms with Crippen molar-refractivity contribution in [2.24, 2.45) is 4.99 Å². The lowest BCUT2D eigenvalue weighted by atomic mass is 10.1. The van der Waals surface area contributed by atoms with E-state index in [2.05, 4.69) is 27.9 Å². The van der Waals surface area contributed by atoms with Crippen LogP contribution in [0.1, 0.15) is 55.5 Å². The highest BCUT2D eigenvalue weighted by molar-refractivity contribution is 14.0. The number of benzene rings is 1. The Morgan fingerprint density at radius 2 is 1.88 bits per heavy atom. The first-order valence-corrected chi connectivity index (χ1v) is 8.65. The van der Waals surface area contributed by atoms with Gasteiger partial charge in [-0.15, -0.1) is 24.0 Å². The molecule has 0 unspecified atom stereocenters. The summed E-state index contributed by atoms with van der Waals surface area (Å²) in [6.07, 6.45) is 5.03. The van der Waals surface area contributed by atoms with E-state index in [1.165, 1.54) is 25.7 Å². The minimum absolute atomic E-state index is 0. The Labute approximate surface area is 162 Å². The second-order valence-electron chi connectivity index (χ2n) is 5.88. The number of aliphatic imine (C=N–C) groups is 1. The maximum absolute atomic E-state index is 11.9. The minimum atomic E-state index is -0.0330. The third kappa shape index (κ3) is 6.67. The van der Waals surface area contributed by atoms with Crippen molar-refractivity contribution in [3.8, 4) is 0 Å². The Bertz CT molecular complexity index is 542. The molecule has 1 aromatic rings. The summed E-state index contributed by atoms with van der Waals surface area (Å²) in [6.45, 7) is 6.04. The molecule has 0 saturated heterocycles. The van der Waals surface area contributed by atoms with Gasteiger partial charge in [-0.05, 0) is 44.4 Å². The number of hydrogen-bond donors (Lipinski definition) is 3. The smallest absolute Gasteiger partial charge is 0.251 e. The molecule has 6 heteroatoms. The molecule has 0 spiro atoms. The van der Waals surface area contributed by atoms with Gasteiger partial charge in [0.1, 0.15) is 0 Å². The Balaban J connectivity index is 0.00000288. The Hall–Kier alpha value is -1.31. The summed E-state index contributed by atoms with van der Waals surface area (Å²) in [5, 5.41) is 9.62. The Kier molecular flexibility index (Phi) is 9.75. The van der Waals surface area contributed by atoms with Crippen LogP contribution in [0.3, 0.4) is 0 Å². The third-order valence-electron chi connectivity index (χ3n) is 3.99. The normalized spacial score (nSPS) is 14.8. The van der Waals surface area contributed by atoms with E-state index in [4.69, 9.17) is 0 Å². The zero-order valence-corrected chi connectivity index (χ0v) is 16.9. The van der Waals surface area contributed by atoms with E-state index in [0.717, 1.165) is 18.1 Å². The maximum Gasteiger partial charge on any atom is 0.251 e. The minimum Gasteiger partial charge on any atom is -0.357 e. The van der Waals surface area contributed by atoms with E-state index in [0.29, 0.717) is 24.7 Å². The van der Waals surface area contributed by atoms with Gasteiger partial charge in [0, 0.05) is 24.7 Å². The lowest BCUT2D eigenvalue weighted by molar-refractivity contribution is 0.0955. The molecule has 24 heavy (non-hydrogen) atoms. The zero-order chi connectivity index (χ0) is 16.5. The number of halogens is 1. The van der Waals surface area contributed by atoms with Gasteiger partial charge < -0.3 is 16.0 Å². The van der Waals surface area contributed by atoms with Gasteiger partial charge in [0.15, 0.2) is 5.96 Å². The van der Waals surface area contributed by atoms with Gasteiger partial charge >= 0.3 is 0 Å². The fourth-order valence-corrected chi connectivity index (χ4v) is 2.83. The quantitative estimate of drug-likeness (QED) is 0.359. The zero-order valence-electron chi connectivity index (χ0n) is 14.6. The Morgan fingerprint density at radius 3 is 2.54 bits per heavy atom. The second kappa shape index (κ2) is 11.3. The van der Waals surface area contributed by atoms with Crippen LogP contribution in [0.2, 0.25) is 0 Å². The van der Waals surface area contributed by atoms with Crippen molar-refractivity contribution < 1.29 is 4.79 Å². The van der Waals surface area contributed by atoms with E-state index in [1.54, 1.807) is 0 Å². The van der Waals surface area contributed by atoms with Crippen molar-refractivity contribution in [2.45, 2.75) is 52.1 Å². The number of hydrogen-bond acceptors (Lipinski definition) is 2. The molecular formula is C18H29IN4O. The number of carbonyl (C=O) groups is 1. The van der Waals surface area contributed by atoms with Gasteiger partial charge in [-0.2, -0.15) is 0 Å². The van der Waals surface area contributed by atoms with Crippen LogP contribution < -0.4 is 16.0 Å². The molecule has 0 aromatic heterocycles. The predicted octanol–water partition coefficient (Wildman–Crippen LogP) is 3.05. The lowest BCUT2D eigenvalue weighted by Gasteiger charge is -2.16. The van der Waals surface area contributed by atoms with E-state index in [-0.39, 0.29) is 29.9 Å². The summed E-state index contributed by atoms with van der Waals surface area (Å²) in [6, 6.07) is 8.20. The van der Waals surface area contributed by atoms with E-state index in [9.17, 15) is 4.79 Å². The standard InChI is InChI=1S/C18H28N4O.HI/c1-3-19-17(23)15-9-7-8-14(12-15)13-21-18(20-4-2)22-16-10-5-6-11-16;/h7-9,12,16H,3-6,10-11,13H2,1-2H3,(H,19,23)(H2,20,21,22);1H. The molecule has 0 heterocycles. The molecule has 5 nitrogen and oxygen atoms in total. The van der Waals surface area contributed by atoms with Gasteiger partial charge in [0.25, 0.3) is 5.91 Å². The fourth-order valence-electron chi connectivity index (χ4n) is 2.83. The molecule has 0 atom stereocenters. The number of rotatable bonds is 6. The molecule has 1 saturated carbocycles. The van der Waals surface area contributed by atoms with Crippen molar-refractivity contribution >= 4 is 35.8 Å². The highest BCUT2D eigenvalue weighted by atomic mass is 127. The van der Waals surface area contributed by atoms with E-state index >= 15 is 0 Å². The van der Waals surface area contributed by atoms with Crippen LogP contribution in [0.25, 0.3) is 0 Å². The van der Waals surface area contributed by atoms with Crippen molar-refractivity contribution in [1.29, 1.82) is 0 Å². The molecule has 2 rings (SSSR count). The van der Waals surface area contributed by atoms with E-state index < -0.39 is 0 Å². The van der Waals surface area contributed by atoms with Crippen molar-refractivity contribution in [3.63, 3.8) is 0 Å². The maximum atomic E-state index is 11.9. The summed E-state index contributed by atoms with van der Waals surface area (Å²) in [5.74, 6) is 0.831. The predicted molar refractivity (Wildman–Crippen MR) is 110 cm³/mol. The number of nitrogens with one attached hydrogen (secondary N) is 3. The largest absolute Gasteiger partial charge is 0.357 e. The molecule has 1 aromatic carbocycles. The molecular weight excluding hydrogens is 415 g/mol. The molecule has 1 aliphatic rings. The highest BCUT2D eigenvalue weighted by Gasteiger charge is 2.15. The van der Waals surface area contributed by atoms with Crippen LogP contribution in [0, 0.1) is 0 Å². The van der Waals surface area contributed by atoms with Crippen LogP contribution in [-0.4, -0.2) is 31.0 Å². The summed E-state index contributed by atoms with van der Waals surface area (Å²) < 4.78 is 0. The average Bonchev–Trinajstić information content (AvgIpc) is 3.06. The van der Waals surface area contributed by atoms with Crippen LogP contribution in [0.5, 0.6) is 0 Å². The first-order chi connectivity index (χ1) is 11.2. The molecule has 1 amide bonds. The van der Waals surface area contributed by atoms with Gasteiger partial charge in [-0.1, -0.05) is 25.0 Å². The number of amides is 1. The molecule has 3 N–H and O–H groups in total. The SMILES string of the molecule is CCNC(=O)c1cccc(CN=C(NCC)NC2CCCC2)c1.I. The summed E-state index contributed by atoms with van der Waals surface area (Å²) in [4.78, 5) is 16.6. The van der Waals surface area contributed by atoms with Crippen LogP contribution in [-0.2, 0) is 6.54 Å². The molecule has 1 fully saturated rings. The number of nitrogens with zero attached hydrogens (tertiary/aromatic N) is 1. The molecule has 0 bridgehead atoms. The molecule has 1 aliphatic carbocycles. The summed E-state index contributed by atoms with van der Waals surface area (Å²) in [5.41, 5.74) is 1.73. The van der Waals surface area contributed by atoms with Crippen molar-refractivity contribution in [2.75, 3.05) is 13.1 Å². The average molecular weight is 444 g/mol. The van der Waals surface area contributed by atoms with Crippen LogP contribution >= 0.6 is 24.0 Å². The van der Waals surface area contributed by atoms with Crippen LogP contribution in [0.15, 0.2) is 29.3 Å². The third-order valence-corrected chi connectivity index (χ3v) is 3.99. The first-order valence-electron chi connectivity index (χ1n) is 8.65. The number of carbonyl (C=O) groups excluding carboxylic acids is 1. The Morgan fingerprint density at radius 1 is 1.17 bits per heavy atom. The van der Waals surface area contributed by atoms with E-state index in [1.807, 2.05) is 31.2 Å².